The maximum atomic E-state index is 12.4. The number of carbonyl (C=O) groups is 1. The minimum atomic E-state index is -1.84. The normalized spacial score (nSPS) is 41.1. The van der Waals surface area contributed by atoms with Crippen molar-refractivity contribution in [3.05, 3.63) is 0 Å². The maximum absolute atomic E-state index is 12.4. The van der Waals surface area contributed by atoms with Gasteiger partial charge in [0.2, 0.25) is 7.85 Å². The van der Waals surface area contributed by atoms with Crippen LogP contribution in [-0.4, -0.2) is 45.6 Å². The quantitative estimate of drug-likeness (QED) is 0.675. The molecule has 0 N–H and O–H groups in total. The molecule has 0 aromatic carbocycles. The van der Waals surface area contributed by atoms with Crippen LogP contribution in [0.2, 0.25) is 18.1 Å². The van der Waals surface area contributed by atoms with Gasteiger partial charge in [0.05, 0.1) is 12.6 Å². The molecular formula is C20H36BNO2Si. The van der Waals surface area contributed by atoms with Crippen LogP contribution in [0.1, 0.15) is 60.3 Å². The molecule has 0 aromatic heterocycles. The summed E-state index contributed by atoms with van der Waals surface area (Å²) in [5.74, 6) is 1.64. The summed E-state index contributed by atoms with van der Waals surface area (Å²) in [5.41, 5.74) is 0.288. The number of rotatable bonds is 3. The van der Waals surface area contributed by atoms with Gasteiger partial charge >= 0.3 is 0 Å². The number of hydrogen-bond acceptors (Lipinski definition) is 2. The van der Waals surface area contributed by atoms with Crippen molar-refractivity contribution >= 4 is 22.0 Å². The average molecular weight is 361 g/mol. The van der Waals surface area contributed by atoms with Crippen molar-refractivity contribution in [1.82, 2.24) is 4.90 Å². The van der Waals surface area contributed by atoms with Crippen molar-refractivity contribution in [2.75, 3.05) is 6.61 Å². The summed E-state index contributed by atoms with van der Waals surface area (Å²) in [6.07, 6.45) is 4.89. The van der Waals surface area contributed by atoms with Crippen molar-refractivity contribution in [1.29, 1.82) is 0 Å². The Morgan fingerprint density at radius 1 is 1.32 bits per heavy atom. The van der Waals surface area contributed by atoms with Gasteiger partial charge in [-0.05, 0) is 60.6 Å². The summed E-state index contributed by atoms with van der Waals surface area (Å²) in [4.78, 5) is 14.5. The number of carbonyl (C=O) groups excluding carboxylic acids is 1. The smallest absolute Gasteiger partial charge is 0.200 e. The first-order chi connectivity index (χ1) is 11.4. The summed E-state index contributed by atoms with van der Waals surface area (Å²) < 4.78 is 6.60. The predicted octanol–water partition coefficient (Wildman–Crippen LogP) is 4.81. The van der Waals surface area contributed by atoms with Crippen LogP contribution in [0.5, 0.6) is 0 Å². The fraction of sp³-hybridized carbons (Fsp3) is 0.950. The van der Waals surface area contributed by atoms with E-state index in [4.69, 9.17) is 12.3 Å². The molecule has 1 spiro atoms. The van der Waals surface area contributed by atoms with Gasteiger partial charge in [-0.15, -0.1) is 0 Å². The third kappa shape index (κ3) is 2.75. The Kier molecular flexibility index (Phi) is 4.77. The molecule has 2 saturated carbocycles. The first kappa shape index (κ1) is 19.5. The predicted molar refractivity (Wildman–Crippen MR) is 106 cm³/mol. The Hall–Kier alpha value is -0.288. The second-order valence-electron chi connectivity index (χ2n) is 10.5. The Bertz CT molecular complexity index is 546. The van der Waals surface area contributed by atoms with Crippen molar-refractivity contribution in [2.24, 2.45) is 23.2 Å². The second-order valence-corrected chi connectivity index (χ2v) is 15.4. The van der Waals surface area contributed by atoms with Crippen molar-refractivity contribution < 1.29 is 9.22 Å². The minimum Gasteiger partial charge on any atom is -0.415 e. The van der Waals surface area contributed by atoms with Gasteiger partial charge in [0.1, 0.15) is 0 Å². The second kappa shape index (κ2) is 6.12. The van der Waals surface area contributed by atoms with E-state index in [9.17, 15) is 4.79 Å². The molecule has 1 aliphatic heterocycles. The average Bonchev–Trinajstić information content (AvgIpc) is 3.04. The molecule has 140 valence electrons. The highest BCUT2D eigenvalue weighted by Gasteiger charge is 2.67. The van der Waals surface area contributed by atoms with E-state index >= 15 is 0 Å². The molecule has 1 heterocycles. The molecule has 0 aromatic rings. The fourth-order valence-corrected chi connectivity index (χ4v) is 7.35. The monoisotopic (exact) mass is 361 g/mol. The highest BCUT2D eigenvalue weighted by Crippen LogP contribution is 2.66. The summed E-state index contributed by atoms with van der Waals surface area (Å²) in [7, 11) is 4.07. The van der Waals surface area contributed by atoms with Gasteiger partial charge < -0.3 is 9.33 Å². The van der Waals surface area contributed by atoms with Gasteiger partial charge in [-0.2, -0.15) is 0 Å². The van der Waals surface area contributed by atoms with Crippen LogP contribution >= 0.6 is 0 Å². The molecule has 3 aliphatic rings. The summed E-state index contributed by atoms with van der Waals surface area (Å²) in [6.45, 7) is 16.9. The molecule has 0 bridgehead atoms. The molecule has 5 heteroatoms. The number of amides is 1. The van der Waals surface area contributed by atoms with E-state index in [0.717, 1.165) is 6.42 Å². The molecular weight excluding hydrogens is 325 g/mol. The third-order valence-corrected chi connectivity index (χ3v) is 12.9. The minimum absolute atomic E-state index is 0.164. The largest absolute Gasteiger partial charge is 0.415 e. The van der Waals surface area contributed by atoms with E-state index in [0.29, 0.717) is 30.4 Å². The Balaban J connectivity index is 1.91. The number of nitrogens with zero attached hydrogens (tertiary/aromatic N) is 1. The van der Waals surface area contributed by atoms with Crippen LogP contribution in [0.15, 0.2) is 0 Å². The molecule has 6 atom stereocenters. The molecule has 1 amide bonds. The van der Waals surface area contributed by atoms with Crippen LogP contribution in [-0.2, 0) is 4.43 Å². The van der Waals surface area contributed by atoms with Crippen LogP contribution in [0, 0.1) is 23.2 Å². The first-order valence-corrected chi connectivity index (χ1v) is 13.1. The number of likely N-dealkylation sites (tertiary alicyclic amines) is 1. The van der Waals surface area contributed by atoms with Crippen molar-refractivity contribution in [3.63, 3.8) is 0 Å². The van der Waals surface area contributed by atoms with Gasteiger partial charge in [0, 0.05) is 6.04 Å². The summed E-state index contributed by atoms with van der Waals surface area (Å²) in [5, 5.41) is 0.186. The molecule has 5 unspecified atom stereocenters. The van der Waals surface area contributed by atoms with E-state index in [-0.39, 0.29) is 22.3 Å². The first-order valence-electron chi connectivity index (χ1n) is 10.1. The van der Waals surface area contributed by atoms with E-state index in [1.807, 2.05) is 0 Å². The molecule has 25 heavy (non-hydrogen) atoms. The van der Waals surface area contributed by atoms with E-state index in [1.165, 1.54) is 19.3 Å². The maximum Gasteiger partial charge on any atom is 0.200 e. The lowest BCUT2D eigenvalue weighted by atomic mass is 9.69. The van der Waals surface area contributed by atoms with Gasteiger partial charge in [-0.25, -0.2) is 0 Å². The van der Waals surface area contributed by atoms with E-state index in [2.05, 4.69) is 52.6 Å². The molecule has 2 radical (unpaired) electrons. The van der Waals surface area contributed by atoms with E-state index in [1.54, 1.807) is 0 Å². The van der Waals surface area contributed by atoms with Gasteiger partial charge in [-0.1, -0.05) is 41.0 Å². The fourth-order valence-electron chi connectivity index (χ4n) is 6.33. The molecule has 1 saturated heterocycles. The Labute approximate surface area is 156 Å². The Morgan fingerprint density at radius 3 is 2.52 bits per heavy atom. The SMILES string of the molecule is [B]C(=O)N1C2CCCC23C(C)CC(C)C3[C@H]1CO[Si](C)(C)C(C)(C)C. The van der Waals surface area contributed by atoms with Gasteiger partial charge in [-0.3, -0.25) is 4.79 Å². The van der Waals surface area contributed by atoms with Gasteiger partial charge in [0.15, 0.2) is 14.1 Å². The van der Waals surface area contributed by atoms with E-state index < -0.39 is 8.32 Å². The summed E-state index contributed by atoms with van der Waals surface area (Å²) >= 11 is 0. The highest BCUT2D eigenvalue weighted by atomic mass is 28.4. The number of hydrogen-bond donors (Lipinski definition) is 0. The highest BCUT2D eigenvalue weighted by molar-refractivity contribution is 6.74. The molecule has 3 rings (SSSR count). The lowest BCUT2D eigenvalue weighted by Gasteiger charge is -2.40. The van der Waals surface area contributed by atoms with Crippen LogP contribution in [0.4, 0.5) is 4.79 Å². The molecule has 2 aliphatic carbocycles. The topological polar surface area (TPSA) is 29.5 Å². The Morgan fingerprint density at radius 2 is 1.96 bits per heavy atom. The zero-order chi connectivity index (χ0) is 18.8. The molecule has 3 nitrogen and oxygen atoms in total. The zero-order valence-corrected chi connectivity index (χ0v) is 18.3. The van der Waals surface area contributed by atoms with Crippen molar-refractivity contribution in [3.8, 4) is 0 Å². The van der Waals surface area contributed by atoms with Crippen molar-refractivity contribution in [2.45, 2.75) is 90.5 Å². The third-order valence-electron chi connectivity index (χ3n) is 8.37. The molecule has 3 fully saturated rings. The zero-order valence-electron chi connectivity index (χ0n) is 17.3. The van der Waals surface area contributed by atoms with Crippen LogP contribution in [0.25, 0.3) is 0 Å². The van der Waals surface area contributed by atoms with Gasteiger partial charge in [0.25, 0.3) is 0 Å². The summed E-state index contributed by atoms with van der Waals surface area (Å²) in [6, 6.07) is 0.500. The standard InChI is InChI=1S/C20H36BNO2Si/c1-13-11-14(2)20-10-8-9-16(20)22(18(21)23)15(17(13)20)12-24-25(6,7)19(3,4)5/h13-17H,8-12H2,1-7H3/t13?,14?,15-,16?,17?,20?/m1/s1. The lowest BCUT2D eigenvalue weighted by Crippen LogP contribution is -2.49. The van der Waals surface area contributed by atoms with Crippen LogP contribution in [0.3, 0.4) is 0 Å². The van der Waals surface area contributed by atoms with Crippen LogP contribution < -0.4 is 0 Å². The lowest BCUT2D eigenvalue weighted by molar-refractivity contribution is 0.127.